The number of carbonyl (C=O) groups excluding carboxylic acids is 9. The van der Waals surface area contributed by atoms with Gasteiger partial charge < -0.3 is 108 Å². The van der Waals surface area contributed by atoms with Crippen LogP contribution >= 0.6 is 0 Å². The zero-order chi connectivity index (χ0) is 63.2. The van der Waals surface area contributed by atoms with E-state index < -0.39 is 218 Å². The van der Waals surface area contributed by atoms with Gasteiger partial charge in [-0.3, -0.25) is 47.9 Å². The van der Waals surface area contributed by atoms with Crippen LogP contribution in [-0.4, -0.2) is 241 Å². The molecule has 0 saturated carbocycles. The van der Waals surface area contributed by atoms with Crippen LogP contribution in [0.5, 0.6) is 0 Å². The zero-order valence-corrected chi connectivity index (χ0v) is 49.3. The third-order valence-electron chi connectivity index (χ3n) is 14.6. The molecule has 0 aromatic carbocycles. The number of carboxylic acid groups (broad SMARTS) is 1. The molecule has 0 bridgehead atoms. The van der Waals surface area contributed by atoms with Gasteiger partial charge in [-0.2, -0.15) is 0 Å². The van der Waals surface area contributed by atoms with Crippen LogP contribution in [0, 0.1) is 23.7 Å². The number of carboxylic acids is 1. The van der Waals surface area contributed by atoms with Gasteiger partial charge in [0.1, 0.15) is 103 Å². The third kappa shape index (κ3) is 19.1. The fourth-order valence-electron chi connectivity index (χ4n) is 9.34. The first-order valence-electron chi connectivity index (χ1n) is 27.8. The second-order valence-electron chi connectivity index (χ2n) is 22.7. The number of aliphatic carboxylic acids is 1. The molecule has 3 saturated heterocycles. The number of aliphatic hydroxyl groups excluding tert-OH is 6. The van der Waals surface area contributed by atoms with E-state index in [9.17, 15) is 83.7 Å². The molecular formula is C52H90N10O21. The third-order valence-corrected chi connectivity index (χ3v) is 14.6. The van der Waals surface area contributed by atoms with E-state index in [1.165, 1.54) is 32.6 Å². The molecular weight excluding hydrogens is 1100 g/mol. The maximum absolute atomic E-state index is 14.2. The molecule has 83 heavy (non-hydrogen) atoms. The Morgan fingerprint density at radius 2 is 0.988 bits per heavy atom. The van der Waals surface area contributed by atoms with Gasteiger partial charge in [0.05, 0.1) is 19.3 Å². The summed E-state index contributed by atoms with van der Waals surface area (Å²) >= 11 is 0. The molecule has 3 aliphatic rings. The van der Waals surface area contributed by atoms with Gasteiger partial charge in [-0.25, -0.2) is 0 Å². The van der Waals surface area contributed by atoms with E-state index in [1.54, 1.807) is 55.4 Å². The van der Waals surface area contributed by atoms with Crippen molar-refractivity contribution in [2.45, 2.75) is 225 Å². The van der Waals surface area contributed by atoms with Crippen molar-refractivity contribution < 1.29 is 103 Å². The number of likely N-dealkylation sites (tertiary alicyclic amines) is 1. The number of aliphatic hydroxyl groups is 6. The van der Waals surface area contributed by atoms with E-state index in [0.717, 1.165) is 6.92 Å². The maximum atomic E-state index is 14.2. The summed E-state index contributed by atoms with van der Waals surface area (Å²) in [5.74, 6) is -10.2. The van der Waals surface area contributed by atoms with Gasteiger partial charge >= 0.3 is 5.97 Å². The molecule has 0 aromatic heterocycles. The lowest BCUT2D eigenvalue weighted by Crippen LogP contribution is -2.68. The van der Waals surface area contributed by atoms with Crippen LogP contribution in [0.15, 0.2) is 0 Å². The molecule has 3 fully saturated rings. The first-order valence-corrected chi connectivity index (χ1v) is 27.8. The van der Waals surface area contributed by atoms with Crippen molar-refractivity contribution in [2.75, 3.05) is 19.8 Å². The number of amides is 9. The van der Waals surface area contributed by atoms with Crippen molar-refractivity contribution in [1.29, 1.82) is 0 Å². The molecule has 3 aliphatic heterocycles. The Morgan fingerprint density at radius 3 is 1.47 bits per heavy atom. The van der Waals surface area contributed by atoms with Gasteiger partial charge in [0.15, 0.2) is 12.6 Å². The van der Waals surface area contributed by atoms with Crippen LogP contribution in [0.2, 0.25) is 0 Å². The quantitative estimate of drug-likeness (QED) is 0.0346. The molecule has 31 nitrogen and oxygen atoms in total. The molecule has 0 unspecified atom stereocenters. The summed E-state index contributed by atoms with van der Waals surface area (Å²) in [6, 6.07) is -12.8. The fraction of sp³-hybridized carbons (Fsp3) is 0.808. The molecule has 9 amide bonds. The summed E-state index contributed by atoms with van der Waals surface area (Å²) in [6.45, 7) is 17.9. The van der Waals surface area contributed by atoms with Gasteiger partial charge in [-0.05, 0) is 64.2 Å². The number of hydrogen-bond acceptors (Lipinski definition) is 21. The van der Waals surface area contributed by atoms with Crippen molar-refractivity contribution in [2.24, 2.45) is 29.4 Å². The summed E-state index contributed by atoms with van der Waals surface area (Å²) in [5.41, 5.74) is 6.38. The topological polar surface area (TPSA) is 475 Å². The van der Waals surface area contributed by atoms with Crippen LogP contribution in [0.1, 0.15) is 103 Å². The SMILES string of the molecule is CC(=O)N[C@H]1[C@@H](O[C@H](C)[C@@H](N)C(=O)N[C@@H](C(=O)N2CCC[C@@H]2C(=O)N[C@H](C)C(=O)N[C@H](C)C(=O)N[C@@H](C(=O)N[C@@H](C(=O)N[C@@H](C(=O)N[C@H](C)C(=O)O)C(C)C)C(C)C)C(C)C)C(C)C)O[C@H](CO)[C@H](O)[C@@H]1O[C@@H]1O[C@H](CO)[C@H](O)[C@H](O)[C@H]1O. The zero-order valence-electron chi connectivity index (χ0n) is 49.3. The number of nitrogens with zero attached hydrogens (tertiary/aromatic N) is 1. The first kappa shape index (κ1) is 71.5. The van der Waals surface area contributed by atoms with Crippen LogP contribution in [0.4, 0.5) is 0 Å². The molecule has 3 heterocycles. The van der Waals surface area contributed by atoms with E-state index >= 15 is 0 Å². The highest BCUT2D eigenvalue weighted by Crippen LogP contribution is 2.31. The van der Waals surface area contributed by atoms with E-state index in [2.05, 4.69) is 42.5 Å². The Labute approximate surface area is 481 Å². The molecule has 31 heteroatoms. The summed E-state index contributed by atoms with van der Waals surface area (Å²) < 4.78 is 23.1. The Morgan fingerprint density at radius 1 is 0.554 bits per heavy atom. The van der Waals surface area contributed by atoms with Crippen molar-refractivity contribution in [3.63, 3.8) is 0 Å². The number of nitrogens with two attached hydrogens (primary N) is 1. The van der Waals surface area contributed by atoms with Crippen LogP contribution in [0.3, 0.4) is 0 Å². The second-order valence-corrected chi connectivity index (χ2v) is 22.7. The molecule has 20 atom stereocenters. The monoisotopic (exact) mass is 1190 g/mol. The van der Waals surface area contributed by atoms with E-state index in [0.29, 0.717) is 6.42 Å². The smallest absolute Gasteiger partial charge is 0.325 e. The molecule has 0 radical (unpaired) electrons. The predicted octanol–water partition coefficient (Wildman–Crippen LogP) is -6.36. The van der Waals surface area contributed by atoms with Crippen molar-refractivity contribution in [3.05, 3.63) is 0 Å². The predicted molar refractivity (Wildman–Crippen MR) is 289 cm³/mol. The largest absolute Gasteiger partial charge is 0.480 e. The lowest BCUT2D eigenvalue weighted by atomic mass is 9.95. The van der Waals surface area contributed by atoms with E-state index in [-0.39, 0.29) is 13.0 Å². The highest BCUT2D eigenvalue weighted by atomic mass is 16.7. The molecule has 17 N–H and O–H groups in total. The van der Waals surface area contributed by atoms with Crippen LogP contribution in [-0.2, 0) is 66.9 Å². The van der Waals surface area contributed by atoms with Crippen LogP contribution < -0.4 is 48.3 Å². The maximum Gasteiger partial charge on any atom is 0.325 e. The number of hydrogen-bond donors (Lipinski definition) is 16. The lowest BCUT2D eigenvalue weighted by Gasteiger charge is -2.48. The minimum atomic E-state index is -1.93. The molecule has 0 aliphatic carbocycles. The standard InChI is InChI=1S/C52H90N10O21/c1-19(2)32(46(74)56-25(11)50(78)79)59-48(76)34(21(5)6)60-47(75)33(20(3)4)58-43(71)24(10)54-42(70)23(9)55-44(72)28-15-14-16-62(28)49(77)35(22(7)8)61-45(73)31(53)26(12)80-51-36(57-27(13)65)41(38(67)30(18-64)81-51)83-52-40(69)39(68)37(66)29(17-63)82-52/h19-26,28-41,51-52,63-64,66-69H,14-18,53H2,1-13H3,(H,54,70)(H,55,72)(H,56,74)(H,57,65)(H,58,71)(H,59,76)(H,60,75)(H,61,73)(H,78,79)/t23-,24-,25-,26-,28-,29-,30-,31-,32-,33-,34-,35-,36-,37+,38+,39+,40-,41-,51+,52+/m1/s1. The van der Waals surface area contributed by atoms with E-state index in [1.807, 2.05) is 0 Å². The van der Waals surface area contributed by atoms with E-state index in [4.69, 9.17) is 24.7 Å². The highest BCUT2D eigenvalue weighted by Gasteiger charge is 2.52. The number of rotatable bonds is 28. The Balaban J connectivity index is 1.66. The molecule has 474 valence electrons. The van der Waals surface area contributed by atoms with Gasteiger partial charge in [0.25, 0.3) is 0 Å². The molecule has 0 spiro atoms. The number of carbonyl (C=O) groups is 10. The van der Waals surface area contributed by atoms with Gasteiger partial charge in [0, 0.05) is 13.5 Å². The van der Waals surface area contributed by atoms with Crippen molar-refractivity contribution >= 4 is 59.1 Å². The fourth-order valence-corrected chi connectivity index (χ4v) is 9.34. The van der Waals surface area contributed by atoms with Gasteiger partial charge in [-0.1, -0.05) is 55.4 Å². The van der Waals surface area contributed by atoms with Gasteiger partial charge in [-0.15, -0.1) is 0 Å². The lowest BCUT2D eigenvalue weighted by molar-refractivity contribution is -0.347. The summed E-state index contributed by atoms with van der Waals surface area (Å²) in [4.78, 5) is 134. The average Bonchev–Trinajstić information content (AvgIpc) is 3.79. The minimum Gasteiger partial charge on any atom is -0.480 e. The van der Waals surface area contributed by atoms with Gasteiger partial charge in [0.2, 0.25) is 53.2 Å². The molecule has 3 rings (SSSR count). The van der Waals surface area contributed by atoms with Crippen molar-refractivity contribution in [1.82, 2.24) is 47.4 Å². The summed E-state index contributed by atoms with van der Waals surface area (Å²) in [6.07, 6.45) is -16.1. The van der Waals surface area contributed by atoms with Crippen LogP contribution in [0.25, 0.3) is 0 Å². The number of ether oxygens (including phenoxy) is 4. The normalized spacial score (nSPS) is 27.9. The Bertz CT molecular complexity index is 2260. The Hall–Kier alpha value is -5.74. The first-order chi connectivity index (χ1) is 38.6. The minimum absolute atomic E-state index is 0.0872. The van der Waals surface area contributed by atoms with Crippen molar-refractivity contribution in [3.8, 4) is 0 Å². The average molecular weight is 1190 g/mol. The Kier molecular flexibility index (Phi) is 27.5. The second kappa shape index (κ2) is 32.0. The summed E-state index contributed by atoms with van der Waals surface area (Å²) in [7, 11) is 0. The number of nitrogens with one attached hydrogen (secondary N) is 8. The molecule has 0 aromatic rings. The highest BCUT2D eigenvalue weighted by molar-refractivity contribution is 5.98. The summed E-state index contributed by atoms with van der Waals surface area (Å²) in [5, 5.41) is 91.9.